The van der Waals surface area contributed by atoms with Crippen molar-refractivity contribution in [3.8, 4) is 0 Å². The maximum absolute atomic E-state index is 12.0. The zero-order chi connectivity index (χ0) is 16.8. The third-order valence-corrected chi connectivity index (χ3v) is 4.14. The van der Waals surface area contributed by atoms with E-state index in [4.69, 9.17) is 0 Å². The van der Waals surface area contributed by atoms with Crippen molar-refractivity contribution < 1.29 is 9.59 Å². The van der Waals surface area contributed by atoms with Crippen molar-refractivity contribution in [1.29, 1.82) is 0 Å². The monoisotopic (exact) mass is 317 g/mol. The van der Waals surface area contributed by atoms with Crippen molar-refractivity contribution in [3.63, 3.8) is 0 Å². The van der Waals surface area contributed by atoms with E-state index in [1.165, 1.54) is 11.8 Å². The van der Waals surface area contributed by atoms with Gasteiger partial charge >= 0.3 is 0 Å². The smallest absolute Gasteiger partial charge is 0.239 e. The van der Waals surface area contributed by atoms with Gasteiger partial charge in [-0.1, -0.05) is 6.08 Å². The zero-order valence-corrected chi connectivity index (χ0v) is 13.8. The van der Waals surface area contributed by atoms with Crippen LogP contribution in [0, 0.1) is 0 Å². The molecular weight excluding hydrogens is 294 g/mol. The number of nitrogens with one attached hydrogen (secondary N) is 1. The van der Waals surface area contributed by atoms with Gasteiger partial charge in [0.15, 0.2) is 5.82 Å². The van der Waals surface area contributed by atoms with E-state index in [1.807, 2.05) is 14.0 Å². The summed E-state index contributed by atoms with van der Waals surface area (Å²) in [6.07, 6.45) is 7.59. The molecule has 1 aliphatic heterocycles. The van der Waals surface area contributed by atoms with Crippen LogP contribution < -0.4 is 5.32 Å². The number of carbonyl (C=O) groups is 2. The van der Waals surface area contributed by atoms with E-state index in [1.54, 1.807) is 24.2 Å². The Morgan fingerprint density at radius 1 is 1.43 bits per heavy atom. The summed E-state index contributed by atoms with van der Waals surface area (Å²) < 4.78 is 0. The molecule has 7 heteroatoms. The topological polar surface area (TPSA) is 78.4 Å². The van der Waals surface area contributed by atoms with Gasteiger partial charge in [-0.05, 0) is 18.9 Å². The highest BCUT2D eigenvalue weighted by molar-refractivity contribution is 5.91. The van der Waals surface area contributed by atoms with Gasteiger partial charge in [0.1, 0.15) is 0 Å². The summed E-state index contributed by atoms with van der Waals surface area (Å²) in [6, 6.07) is 0.100. The van der Waals surface area contributed by atoms with Gasteiger partial charge < -0.3 is 10.2 Å². The quantitative estimate of drug-likeness (QED) is 0.817. The molecule has 7 nitrogen and oxygen atoms in total. The summed E-state index contributed by atoms with van der Waals surface area (Å²) in [7, 11) is 1.81. The number of hydrogen-bond acceptors (Lipinski definition) is 5. The summed E-state index contributed by atoms with van der Waals surface area (Å²) in [5.74, 6) is 0.419. The number of carbonyl (C=O) groups excluding carboxylic acids is 2. The van der Waals surface area contributed by atoms with Crippen LogP contribution in [0.15, 0.2) is 30.2 Å². The molecule has 1 aromatic rings. The second-order valence-electron chi connectivity index (χ2n) is 5.71. The summed E-state index contributed by atoms with van der Waals surface area (Å²) >= 11 is 0. The van der Waals surface area contributed by atoms with Crippen LogP contribution in [-0.4, -0.2) is 64.3 Å². The highest BCUT2D eigenvalue weighted by Crippen LogP contribution is 2.18. The van der Waals surface area contributed by atoms with Gasteiger partial charge in [-0.2, -0.15) is 0 Å². The minimum Gasteiger partial charge on any atom is -0.340 e. The van der Waals surface area contributed by atoms with E-state index in [9.17, 15) is 9.59 Å². The maximum Gasteiger partial charge on any atom is 0.239 e. The Morgan fingerprint density at radius 2 is 2.22 bits per heavy atom. The third-order valence-electron chi connectivity index (χ3n) is 4.14. The lowest BCUT2D eigenvalue weighted by Crippen LogP contribution is -2.40. The van der Waals surface area contributed by atoms with Gasteiger partial charge in [0.2, 0.25) is 11.8 Å². The normalized spacial score (nSPS) is 16.4. The average Bonchev–Trinajstić information content (AvgIpc) is 2.55. The van der Waals surface area contributed by atoms with E-state index in [0.29, 0.717) is 18.9 Å². The van der Waals surface area contributed by atoms with Crippen molar-refractivity contribution in [2.24, 2.45) is 0 Å². The molecule has 23 heavy (non-hydrogen) atoms. The van der Waals surface area contributed by atoms with Crippen LogP contribution in [0.1, 0.15) is 20.3 Å². The Labute approximate surface area is 136 Å². The van der Waals surface area contributed by atoms with Crippen LogP contribution in [0.25, 0.3) is 0 Å². The number of anilines is 1. The van der Waals surface area contributed by atoms with Crippen LogP contribution in [0.2, 0.25) is 0 Å². The third kappa shape index (κ3) is 4.85. The minimum absolute atomic E-state index is 0.0594. The lowest BCUT2D eigenvalue weighted by molar-refractivity contribution is -0.128. The van der Waals surface area contributed by atoms with E-state index in [-0.39, 0.29) is 17.9 Å². The van der Waals surface area contributed by atoms with Crippen molar-refractivity contribution >= 4 is 17.6 Å². The van der Waals surface area contributed by atoms with E-state index in [2.05, 4.69) is 26.3 Å². The Hall–Kier alpha value is -2.28. The van der Waals surface area contributed by atoms with Crippen LogP contribution in [0.3, 0.4) is 0 Å². The molecule has 1 aromatic heterocycles. The molecular formula is C16H23N5O2. The van der Waals surface area contributed by atoms with Crippen molar-refractivity contribution in [2.75, 3.05) is 32.0 Å². The zero-order valence-electron chi connectivity index (χ0n) is 13.8. The lowest BCUT2D eigenvalue weighted by Gasteiger charge is -2.32. The molecule has 0 saturated carbocycles. The van der Waals surface area contributed by atoms with Crippen molar-refractivity contribution in [3.05, 3.63) is 30.2 Å². The van der Waals surface area contributed by atoms with Gasteiger partial charge in [-0.15, -0.1) is 0 Å². The molecule has 0 aromatic carbocycles. The molecule has 2 heterocycles. The number of hydrogen-bond donors (Lipinski definition) is 1. The number of amides is 2. The van der Waals surface area contributed by atoms with E-state index in [0.717, 1.165) is 13.0 Å². The molecule has 0 unspecified atom stereocenters. The van der Waals surface area contributed by atoms with Crippen LogP contribution in [-0.2, 0) is 9.59 Å². The molecule has 0 aliphatic carbocycles. The molecule has 2 amide bonds. The van der Waals surface area contributed by atoms with Gasteiger partial charge in [0.05, 0.1) is 12.7 Å². The molecule has 2 rings (SSSR count). The first-order valence-electron chi connectivity index (χ1n) is 7.68. The van der Waals surface area contributed by atoms with Crippen LogP contribution in [0.5, 0.6) is 0 Å². The average molecular weight is 317 g/mol. The predicted octanol–water partition coefficient (Wildman–Crippen LogP) is 0.914. The molecule has 0 saturated heterocycles. The Kier molecular flexibility index (Phi) is 5.81. The van der Waals surface area contributed by atoms with Crippen LogP contribution in [0.4, 0.5) is 5.82 Å². The summed E-state index contributed by atoms with van der Waals surface area (Å²) in [4.78, 5) is 35.2. The first-order valence-corrected chi connectivity index (χ1v) is 7.68. The summed E-state index contributed by atoms with van der Waals surface area (Å²) in [5.41, 5.74) is 1.24. The highest BCUT2D eigenvalue weighted by Gasteiger charge is 2.21. The standard InChI is InChI=1S/C16H23N5O2/c1-12(20(3)13(2)22)14-4-8-21(9-5-14)11-16(23)19-15-10-17-6-7-18-15/h4,6-7,10,12H,5,8-9,11H2,1-3H3,(H,18,19,23)/t12-/m1/s1. The Balaban J connectivity index is 1.84. The number of nitrogens with zero attached hydrogens (tertiary/aromatic N) is 4. The van der Waals surface area contributed by atoms with Crippen LogP contribution >= 0.6 is 0 Å². The summed E-state index contributed by atoms with van der Waals surface area (Å²) in [5, 5.41) is 2.73. The second kappa shape index (κ2) is 7.82. The molecule has 124 valence electrons. The molecule has 0 radical (unpaired) electrons. The minimum atomic E-state index is -0.101. The van der Waals surface area contributed by atoms with E-state index >= 15 is 0 Å². The number of aromatic nitrogens is 2. The predicted molar refractivity (Wildman–Crippen MR) is 87.7 cm³/mol. The second-order valence-corrected chi connectivity index (χ2v) is 5.71. The van der Waals surface area contributed by atoms with Gasteiger partial charge in [-0.25, -0.2) is 4.98 Å². The van der Waals surface area contributed by atoms with Gasteiger partial charge in [0, 0.05) is 45.5 Å². The maximum atomic E-state index is 12.0. The van der Waals surface area contributed by atoms with E-state index < -0.39 is 0 Å². The molecule has 0 fully saturated rings. The molecule has 1 N–H and O–H groups in total. The SMILES string of the molecule is CC(=O)N(C)[C@H](C)C1=CCN(CC(=O)Nc2cnccn2)CC1. The Morgan fingerprint density at radius 3 is 2.78 bits per heavy atom. The lowest BCUT2D eigenvalue weighted by atomic mass is 10.0. The fourth-order valence-electron chi connectivity index (χ4n) is 2.52. The summed E-state index contributed by atoms with van der Waals surface area (Å²) in [6.45, 7) is 5.43. The molecule has 0 spiro atoms. The number of rotatable bonds is 5. The molecule has 0 bridgehead atoms. The first-order chi connectivity index (χ1) is 11.0. The Bertz CT molecular complexity index is 587. The molecule has 1 aliphatic rings. The highest BCUT2D eigenvalue weighted by atomic mass is 16.2. The van der Waals surface area contributed by atoms with Gasteiger partial charge in [0.25, 0.3) is 0 Å². The number of likely N-dealkylation sites (N-methyl/N-ethyl adjacent to an activating group) is 1. The largest absolute Gasteiger partial charge is 0.340 e. The first kappa shape index (κ1) is 17.1. The van der Waals surface area contributed by atoms with Crippen molar-refractivity contribution in [1.82, 2.24) is 19.8 Å². The van der Waals surface area contributed by atoms with Crippen molar-refractivity contribution in [2.45, 2.75) is 26.3 Å². The fraction of sp³-hybridized carbons (Fsp3) is 0.500. The van der Waals surface area contributed by atoms with Gasteiger partial charge in [-0.3, -0.25) is 19.5 Å². The fourth-order valence-corrected chi connectivity index (χ4v) is 2.52. The molecule has 1 atom stereocenters.